The molecule has 1 unspecified atom stereocenters. The van der Waals surface area contributed by atoms with Crippen LogP contribution in [-0.4, -0.2) is 29.9 Å². The van der Waals surface area contributed by atoms with E-state index < -0.39 is 23.7 Å². The molecule has 0 saturated heterocycles. The smallest absolute Gasteiger partial charge is 0.408 e. The molecule has 0 saturated carbocycles. The van der Waals surface area contributed by atoms with Crippen LogP contribution in [0.4, 0.5) is 4.79 Å². The SMILES string of the molecule is COc1cc(Cl)c(C(NC(=O)OC(C)(C)C)C(=O)O)cc1Cl. The average Bonchev–Trinajstić information content (AvgIpc) is 2.36. The Morgan fingerprint density at radius 2 is 1.82 bits per heavy atom. The third kappa shape index (κ3) is 4.96. The maximum atomic E-state index is 11.8. The lowest BCUT2D eigenvalue weighted by atomic mass is 10.1. The summed E-state index contributed by atoms with van der Waals surface area (Å²) in [5.41, 5.74) is -0.625. The maximum Gasteiger partial charge on any atom is 0.408 e. The summed E-state index contributed by atoms with van der Waals surface area (Å²) in [6.45, 7) is 5.00. The molecule has 2 N–H and O–H groups in total. The van der Waals surface area contributed by atoms with Gasteiger partial charge in [0.15, 0.2) is 6.04 Å². The second-order valence-electron chi connectivity index (χ2n) is 5.43. The summed E-state index contributed by atoms with van der Waals surface area (Å²) in [6.07, 6.45) is -0.872. The van der Waals surface area contributed by atoms with Crippen molar-refractivity contribution in [3.8, 4) is 5.75 Å². The minimum Gasteiger partial charge on any atom is -0.495 e. The molecule has 0 radical (unpaired) electrons. The summed E-state index contributed by atoms with van der Waals surface area (Å²) in [5, 5.41) is 11.8. The van der Waals surface area contributed by atoms with Gasteiger partial charge in [-0.1, -0.05) is 23.2 Å². The average molecular weight is 350 g/mol. The number of methoxy groups -OCH3 is 1. The number of hydrogen-bond donors (Lipinski definition) is 2. The van der Waals surface area contributed by atoms with Crippen LogP contribution in [0.15, 0.2) is 12.1 Å². The Kier molecular flexibility index (Phi) is 5.91. The number of halogens is 2. The lowest BCUT2D eigenvalue weighted by molar-refractivity contribution is -0.139. The summed E-state index contributed by atoms with van der Waals surface area (Å²) in [4.78, 5) is 23.2. The van der Waals surface area contributed by atoms with Crippen molar-refractivity contribution >= 4 is 35.3 Å². The molecule has 0 spiro atoms. The molecule has 22 heavy (non-hydrogen) atoms. The molecule has 1 amide bonds. The van der Waals surface area contributed by atoms with Crippen LogP contribution in [-0.2, 0) is 9.53 Å². The molecule has 0 aliphatic rings. The highest BCUT2D eigenvalue weighted by Crippen LogP contribution is 2.34. The Morgan fingerprint density at radius 1 is 1.23 bits per heavy atom. The second kappa shape index (κ2) is 7.07. The van der Waals surface area contributed by atoms with Gasteiger partial charge in [0.1, 0.15) is 11.4 Å². The molecule has 8 heteroatoms. The highest BCUT2D eigenvalue weighted by Gasteiger charge is 2.28. The molecule has 1 aromatic rings. The van der Waals surface area contributed by atoms with Crippen LogP contribution in [0.1, 0.15) is 32.4 Å². The molecule has 1 rings (SSSR count). The summed E-state index contributed by atoms with van der Waals surface area (Å²) in [5.74, 6) is -0.995. The zero-order valence-electron chi connectivity index (χ0n) is 12.6. The largest absolute Gasteiger partial charge is 0.495 e. The lowest BCUT2D eigenvalue weighted by Crippen LogP contribution is -2.38. The number of amides is 1. The Bertz CT molecular complexity index is 583. The number of aliphatic carboxylic acids is 1. The van der Waals surface area contributed by atoms with E-state index in [0.717, 1.165) is 0 Å². The fourth-order valence-corrected chi connectivity index (χ4v) is 2.13. The van der Waals surface area contributed by atoms with E-state index in [1.807, 2.05) is 0 Å². The number of benzene rings is 1. The number of hydrogen-bond acceptors (Lipinski definition) is 4. The molecule has 0 aromatic heterocycles. The number of carbonyl (C=O) groups excluding carboxylic acids is 1. The summed E-state index contributed by atoms with van der Waals surface area (Å²) >= 11 is 12.0. The van der Waals surface area contributed by atoms with Gasteiger partial charge >= 0.3 is 12.1 Å². The van der Waals surface area contributed by atoms with Crippen molar-refractivity contribution in [1.82, 2.24) is 5.32 Å². The summed E-state index contributed by atoms with van der Waals surface area (Å²) in [7, 11) is 1.41. The Balaban J connectivity index is 3.09. The Labute approximate surface area is 138 Å². The molecule has 1 aromatic carbocycles. The second-order valence-corrected chi connectivity index (χ2v) is 6.24. The van der Waals surface area contributed by atoms with Gasteiger partial charge in [0.25, 0.3) is 0 Å². The van der Waals surface area contributed by atoms with Crippen molar-refractivity contribution in [3.05, 3.63) is 27.7 Å². The van der Waals surface area contributed by atoms with Gasteiger partial charge in [-0.2, -0.15) is 0 Å². The molecule has 0 aliphatic heterocycles. The quantitative estimate of drug-likeness (QED) is 0.866. The number of carboxylic acids is 1. The van der Waals surface area contributed by atoms with Crippen LogP contribution in [0.25, 0.3) is 0 Å². The van der Waals surface area contributed by atoms with Crippen LogP contribution < -0.4 is 10.1 Å². The van der Waals surface area contributed by atoms with Gasteiger partial charge in [-0.25, -0.2) is 9.59 Å². The van der Waals surface area contributed by atoms with E-state index in [9.17, 15) is 14.7 Å². The van der Waals surface area contributed by atoms with Crippen molar-refractivity contribution in [2.75, 3.05) is 7.11 Å². The topological polar surface area (TPSA) is 84.9 Å². The molecular formula is C14H17Cl2NO5. The third-order valence-corrected chi connectivity index (χ3v) is 3.11. The zero-order chi connectivity index (χ0) is 17.1. The minimum atomic E-state index is -1.40. The number of carbonyl (C=O) groups is 2. The van der Waals surface area contributed by atoms with Gasteiger partial charge in [-0.05, 0) is 26.8 Å². The highest BCUT2D eigenvalue weighted by molar-refractivity contribution is 6.35. The molecule has 0 aliphatic carbocycles. The maximum absolute atomic E-state index is 11.8. The Hall–Kier alpha value is -1.66. The van der Waals surface area contributed by atoms with Gasteiger partial charge < -0.3 is 19.9 Å². The first-order valence-corrected chi connectivity index (χ1v) is 7.06. The van der Waals surface area contributed by atoms with Crippen LogP contribution in [0, 0.1) is 0 Å². The monoisotopic (exact) mass is 349 g/mol. The molecule has 122 valence electrons. The van der Waals surface area contributed by atoms with Crippen LogP contribution >= 0.6 is 23.2 Å². The number of alkyl carbamates (subject to hydrolysis) is 1. The van der Waals surface area contributed by atoms with Crippen molar-refractivity contribution < 1.29 is 24.2 Å². The zero-order valence-corrected chi connectivity index (χ0v) is 14.1. The van der Waals surface area contributed by atoms with E-state index in [1.54, 1.807) is 20.8 Å². The van der Waals surface area contributed by atoms with Crippen LogP contribution in [0.2, 0.25) is 10.0 Å². The standard InChI is InChI=1S/C14H17Cl2NO5/c1-14(2,3)22-13(20)17-11(12(18)19)7-5-9(16)10(21-4)6-8(7)15/h5-6,11H,1-4H3,(H,17,20)(H,18,19). The van der Waals surface area contributed by atoms with E-state index in [2.05, 4.69) is 5.32 Å². The van der Waals surface area contributed by atoms with Crippen molar-refractivity contribution in [1.29, 1.82) is 0 Å². The van der Waals surface area contributed by atoms with Crippen molar-refractivity contribution in [3.63, 3.8) is 0 Å². The summed E-state index contributed by atoms with van der Waals surface area (Å²) in [6, 6.07) is 1.32. The first-order chi connectivity index (χ1) is 10.0. The van der Waals surface area contributed by atoms with Crippen molar-refractivity contribution in [2.45, 2.75) is 32.4 Å². The van der Waals surface area contributed by atoms with E-state index in [-0.39, 0.29) is 15.6 Å². The van der Waals surface area contributed by atoms with Gasteiger partial charge in [0, 0.05) is 11.6 Å². The molecular weight excluding hydrogens is 333 g/mol. The molecule has 0 bridgehead atoms. The van der Waals surface area contributed by atoms with Crippen LogP contribution in [0.5, 0.6) is 5.75 Å². The third-order valence-electron chi connectivity index (χ3n) is 2.49. The number of rotatable bonds is 4. The number of ether oxygens (including phenoxy) is 2. The molecule has 6 nitrogen and oxygen atoms in total. The fourth-order valence-electron chi connectivity index (χ4n) is 1.62. The van der Waals surface area contributed by atoms with E-state index in [4.69, 9.17) is 32.7 Å². The van der Waals surface area contributed by atoms with E-state index >= 15 is 0 Å². The number of nitrogens with one attached hydrogen (secondary N) is 1. The molecule has 1 atom stereocenters. The van der Waals surface area contributed by atoms with Gasteiger partial charge in [0.05, 0.1) is 17.2 Å². The normalized spacial score (nSPS) is 12.5. The van der Waals surface area contributed by atoms with Gasteiger partial charge in [0.2, 0.25) is 0 Å². The van der Waals surface area contributed by atoms with Gasteiger partial charge in [-0.3, -0.25) is 0 Å². The van der Waals surface area contributed by atoms with E-state index in [0.29, 0.717) is 5.75 Å². The Morgan fingerprint density at radius 3 is 2.27 bits per heavy atom. The van der Waals surface area contributed by atoms with Crippen LogP contribution in [0.3, 0.4) is 0 Å². The predicted octanol–water partition coefficient (Wildman–Crippen LogP) is 3.65. The first kappa shape index (κ1) is 18.4. The first-order valence-electron chi connectivity index (χ1n) is 6.30. The fraction of sp³-hybridized carbons (Fsp3) is 0.429. The number of carboxylic acid groups (broad SMARTS) is 1. The predicted molar refractivity (Wildman–Crippen MR) is 82.8 cm³/mol. The molecule has 0 fully saturated rings. The lowest BCUT2D eigenvalue weighted by Gasteiger charge is -2.22. The van der Waals surface area contributed by atoms with Gasteiger partial charge in [-0.15, -0.1) is 0 Å². The minimum absolute atomic E-state index is 0.102. The highest BCUT2D eigenvalue weighted by atomic mass is 35.5. The van der Waals surface area contributed by atoms with E-state index in [1.165, 1.54) is 19.2 Å². The molecule has 0 heterocycles. The van der Waals surface area contributed by atoms with Crippen molar-refractivity contribution in [2.24, 2.45) is 0 Å². The summed E-state index contributed by atoms with van der Waals surface area (Å²) < 4.78 is 10.0.